The Labute approximate surface area is 311 Å². The average molecular weight is 739 g/mol. The minimum atomic E-state index is -1.07. The van der Waals surface area contributed by atoms with Gasteiger partial charge in [-0.05, 0) is 89.4 Å². The smallest absolute Gasteiger partial charge is 0.435 e. The minimum Gasteiger partial charge on any atom is -0.497 e. The van der Waals surface area contributed by atoms with Gasteiger partial charge in [-0.1, -0.05) is 6.07 Å². The summed E-state index contributed by atoms with van der Waals surface area (Å²) < 4.78 is 29.3. The lowest BCUT2D eigenvalue weighted by atomic mass is 9.91. The van der Waals surface area contributed by atoms with Gasteiger partial charge in [-0.3, -0.25) is 4.79 Å². The standard InChI is InChI=1S/C38H42N8O8/c1-36(2,3)53-34(48)45-26-12-10-22(50-7)18-24(26)38(33(45)47)19-25(38)21-9-11-23-27(17-21)46(35(49)54-37(4,5)6)43-30(23)42-31-29(51-8)32(41-28(20-39)40-31)44-13-15-52-16-14-44/h9-12,17-18,25H,13-16,19H2,1-8H3,(H,40,41,42,43)/t25-,38-/m0/s1. The third kappa shape index (κ3) is 6.38. The molecule has 1 spiro atoms. The number of ether oxygens (including phenoxy) is 5. The number of hydrogen-bond acceptors (Lipinski definition) is 14. The van der Waals surface area contributed by atoms with Gasteiger partial charge in [0.2, 0.25) is 17.5 Å². The predicted octanol–water partition coefficient (Wildman–Crippen LogP) is 5.79. The number of nitrogens with zero attached hydrogens (tertiary/aromatic N) is 7. The molecule has 4 heterocycles. The van der Waals surface area contributed by atoms with Crippen molar-refractivity contribution in [2.24, 2.45) is 0 Å². The summed E-state index contributed by atoms with van der Waals surface area (Å²) in [5.41, 5.74) is -0.487. The van der Waals surface area contributed by atoms with E-state index >= 15 is 0 Å². The van der Waals surface area contributed by atoms with E-state index in [1.807, 2.05) is 17.0 Å². The van der Waals surface area contributed by atoms with Crippen molar-refractivity contribution in [3.8, 4) is 17.6 Å². The normalized spacial score (nSPS) is 19.4. The molecule has 1 N–H and O–H groups in total. The molecule has 2 aliphatic heterocycles. The number of aromatic nitrogens is 4. The highest BCUT2D eigenvalue weighted by molar-refractivity contribution is 6.23. The maximum atomic E-state index is 14.3. The second-order valence-electron chi connectivity index (χ2n) is 15.3. The largest absolute Gasteiger partial charge is 0.497 e. The average Bonchev–Trinajstić information content (AvgIpc) is 3.71. The van der Waals surface area contributed by atoms with E-state index in [4.69, 9.17) is 23.7 Å². The van der Waals surface area contributed by atoms with E-state index in [0.717, 1.165) is 15.1 Å². The highest BCUT2D eigenvalue weighted by Crippen LogP contribution is 2.67. The van der Waals surface area contributed by atoms with Crippen molar-refractivity contribution in [1.82, 2.24) is 19.7 Å². The molecule has 54 heavy (non-hydrogen) atoms. The van der Waals surface area contributed by atoms with Crippen LogP contribution in [0, 0.1) is 11.3 Å². The Morgan fingerprint density at radius 3 is 2.30 bits per heavy atom. The van der Waals surface area contributed by atoms with Gasteiger partial charge >= 0.3 is 12.2 Å². The second kappa shape index (κ2) is 13.2. The Morgan fingerprint density at radius 1 is 0.944 bits per heavy atom. The van der Waals surface area contributed by atoms with Crippen molar-refractivity contribution >= 4 is 52.1 Å². The van der Waals surface area contributed by atoms with Crippen LogP contribution in [0.15, 0.2) is 36.4 Å². The summed E-state index contributed by atoms with van der Waals surface area (Å²) in [4.78, 5) is 53.4. The number of rotatable bonds is 6. The Hall–Kier alpha value is -5.95. The fourth-order valence-corrected chi connectivity index (χ4v) is 7.06. The van der Waals surface area contributed by atoms with Crippen molar-refractivity contribution < 1.29 is 38.1 Å². The molecule has 2 amide bonds. The minimum absolute atomic E-state index is 0.0874. The van der Waals surface area contributed by atoms with Crippen LogP contribution >= 0.6 is 0 Å². The van der Waals surface area contributed by atoms with Gasteiger partial charge in [0.1, 0.15) is 23.0 Å². The van der Waals surface area contributed by atoms with Crippen molar-refractivity contribution in [3.05, 3.63) is 53.3 Å². The summed E-state index contributed by atoms with van der Waals surface area (Å²) in [6.07, 6.45) is -1.08. The van der Waals surface area contributed by atoms with Crippen LogP contribution in [0.1, 0.15) is 70.8 Å². The molecule has 16 nitrogen and oxygen atoms in total. The molecule has 0 unspecified atom stereocenters. The first kappa shape index (κ1) is 36.4. The SMILES string of the molecule is COc1ccc2c(c1)[C@]1(C[C@H]1c1ccc3c(Nc4nc(C#N)nc(N5CCOCC5)c4OC)nn(C(=O)OC(C)(C)C)c3c1)C(=O)N2C(=O)OC(C)(C)C. The summed E-state index contributed by atoms with van der Waals surface area (Å²) in [5.74, 6) is 0.830. The van der Waals surface area contributed by atoms with Gasteiger partial charge in [0, 0.05) is 24.4 Å². The third-order valence-electron chi connectivity index (χ3n) is 9.42. The quantitative estimate of drug-likeness (QED) is 0.251. The number of nitriles is 1. The topological polar surface area (TPSA) is 183 Å². The number of hydrogen-bond donors (Lipinski definition) is 1. The number of fused-ring (bicyclic) bond motifs is 3. The molecular weight excluding hydrogens is 696 g/mol. The first-order chi connectivity index (χ1) is 25.6. The zero-order valence-corrected chi connectivity index (χ0v) is 31.5. The fourth-order valence-electron chi connectivity index (χ4n) is 7.06. The number of amides is 2. The molecule has 3 aliphatic rings. The number of anilines is 4. The van der Waals surface area contributed by atoms with Crippen molar-refractivity contribution in [2.75, 3.05) is 55.6 Å². The molecule has 0 radical (unpaired) electrons. The monoisotopic (exact) mass is 738 g/mol. The second-order valence-corrected chi connectivity index (χ2v) is 15.3. The number of methoxy groups -OCH3 is 2. The molecule has 16 heteroatoms. The van der Waals surface area contributed by atoms with Crippen LogP contribution in [0.3, 0.4) is 0 Å². The van der Waals surface area contributed by atoms with Crippen LogP contribution < -0.4 is 24.6 Å². The van der Waals surface area contributed by atoms with Crippen molar-refractivity contribution in [1.29, 1.82) is 5.26 Å². The van der Waals surface area contributed by atoms with Crippen LogP contribution in [0.5, 0.6) is 11.5 Å². The van der Waals surface area contributed by atoms with Crippen LogP contribution in [0.25, 0.3) is 10.9 Å². The molecule has 2 aromatic heterocycles. The summed E-state index contributed by atoms with van der Waals surface area (Å²) in [7, 11) is 3.03. The Kier molecular flexibility index (Phi) is 8.88. The number of carbonyl (C=O) groups excluding carboxylic acids is 3. The highest BCUT2D eigenvalue weighted by Gasteiger charge is 2.68. The van der Waals surface area contributed by atoms with Crippen molar-refractivity contribution in [3.63, 3.8) is 0 Å². The molecule has 4 aromatic rings. The van der Waals surface area contributed by atoms with Gasteiger partial charge in [-0.2, -0.15) is 19.9 Å². The van der Waals surface area contributed by atoms with Gasteiger partial charge in [-0.25, -0.2) is 14.5 Å². The van der Waals surface area contributed by atoms with E-state index in [0.29, 0.717) is 66.4 Å². The Morgan fingerprint density at radius 2 is 1.65 bits per heavy atom. The molecule has 2 atom stereocenters. The summed E-state index contributed by atoms with van der Waals surface area (Å²) in [5, 5.41) is 18.2. The zero-order chi connectivity index (χ0) is 38.7. The highest BCUT2D eigenvalue weighted by atomic mass is 16.6. The molecule has 0 bridgehead atoms. The fraction of sp³-hybridized carbons (Fsp3) is 0.447. The maximum absolute atomic E-state index is 14.3. The van der Waals surface area contributed by atoms with Gasteiger partial charge in [0.15, 0.2) is 17.5 Å². The lowest BCUT2D eigenvalue weighted by Crippen LogP contribution is -2.41. The molecule has 282 valence electrons. The van der Waals surface area contributed by atoms with Gasteiger partial charge < -0.3 is 33.9 Å². The maximum Gasteiger partial charge on any atom is 0.435 e. The zero-order valence-electron chi connectivity index (χ0n) is 31.5. The summed E-state index contributed by atoms with van der Waals surface area (Å²) in [6, 6.07) is 12.7. The van der Waals surface area contributed by atoms with Crippen molar-refractivity contribution in [2.45, 2.75) is 70.5 Å². The van der Waals surface area contributed by atoms with Crippen LogP contribution in [0.4, 0.5) is 32.7 Å². The van der Waals surface area contributed by atoms with E-state index in [1.165, 1.54) is 7.11 Å². The molecule has 1 saturated carbocycles. The molecule has 2 aromatic carbocycles. The summed E-state index contributed by atoms with van der Waals surface area (Å²) >= 11 is 0. The molecular formula is C38H42N8O8. The first-order valence-corrected chi connectivity index (χ1v) is 17.6. The summed E-state index contributed by atoms with van der Waals surface area (Å²) in [6.45, 7) is 12.5. The van der Waals surface area contributed by atoms with Crippen LogP contribution in [-0.2, 0) is 24.4 Å². The molecule has 1 aliphatic carbocycles. The molecule has 2 fully saturated rings. The first-order valence-electron chi connectivity index (χ1n) is 17.6. The van der Waals surface area contributed by atoms with E-state index in [2.05, 4.69) is 20.4 Å². The molecule has 1 saturated heterocycles. The van der Waals surface area contributed by atoms with Crippen LogP contribution in [-0.4, -0.2) is 89.6 Å². The van der Waals surface area contributed by atoms with E-state index < -0.39 is 34.7 Å². The number of nitrogens with one attached hydrogen (secondary N) is 1. The van der Waals surface area contributed by atoms with E-state index in [1.54, 1.807) is 79.0 Å². The number of benzene rings is 2. The van der Waals surface area contributed by atoms with E-state index in [-0.39, 0.29) is 29.1 Å². The predicted molar refractivity (Wildman–Crippen MR) is 197 cm³/mol. The van der Waals surface area contributed by atoms with E-state index in [9.17, 15) is 19.6 Å². The lowest BCUT2D eigenvalue weighted by molar-refractivity contribution is -0.120. The lowest BCUT2D eigenvalue weighted by Gasteiger charge is -2.29. The third-order valence-corrected chi connectivity index (χ3v) is 9.42. The Bertz CT molecular complexity index is 2230. The Balaban J connectivity index is 1.31. The van der Waals surface area contributed by atoms with Gasteiger partial charge in [0.25, 0.3) is 0 Å². The number of morpholine rings is 1. The van der Waals surface area contributed by atoms with Crippen LogP contribution in [0.2, 0.25) is 0 Å². The molecule has 7 rings (SSSR count). The van der Waals surface area contributed by atoms with Gasteiger partial charge in [-0.15, -0.1) is 5.10 Å². The number of carbonyl (C=O) groups is 3. The van der Waals surface area contributed by atoms with Gasteiger partial charge in [0.05, 0.1) is 44.1 Å². The number of imide groups is 1.